The SMILES string of the molecule is [O-]N(c1nc(N([O-])C2CC2)nc(N([O-])C2CC2)n1)C1CC1. The maximum atomic E-state index is 12.1. The molecule has 21 heavy (non-hydrogen) atoms. The van der Waals surface area contributed by atoms with Crippen LogP contribution in [0.5, 0.6) is 0 Å². The lowest BCUT2D eigenvalue weighted by Gasteiger charge is -2.35. The van der Waals surface area contributed by atoms with Crippen molar-refractivity contribution in [3.63, 3.8) is 0 Å². The first-order chi connectivity index (χ1) is 10.1. The second-order valence-electron chi connectivity index (χ2n) is 5.91. The minimum Gasteiger partial charge on any atom is -0.756 e. The van der Waals surface area contributed by atoms with E-state index in [4.69, 9.17) is 0 Å². The maximum absolute atomic E-state index is 12.1. The minimum absolute atomic E-state index is 0.125. The second-order valence-corrected chi connectivity index (χ2v) is 5.91. The Bertz CT molecular complexity index is 457. The van der Waals surface area contributed by atoms with E-state index in [9.17, 15) is 15.6 Å². The van der Waals surface area contributed by atoms with Gasteiger partial charge < -0.3 is 30.8 Å². The highest BCUT2D eigenvalue weighted by molar-refractivity contribution is 5.50. The number of anilines is 3. The van der Waals surface area contributed by atoms with Crippen molar-refractivity contribution in [2.75, 3.05) is 15.2 Å². The van der Waals surface area contributed by atoms with E-state index in [0.29, 0.717) is 15.2 Å². The molecule has 114 valence electrons. The van der Waals surface area contributed by atoms with Crippen LogP contribution in [0.1, 0.15) is 38.5 Å². The molecule has 1 heterocycles. The first-order valence-corrected chi connectivity index (χ1v) is 7.28. The van der Waals surface area contributed by atoms with Crippen LogP contribution in [-0.4, -0.2) is 33.1 Å². The van der Waals surface area contributed by atoms with Crippen LogP contribution in [0.3, 0.4) is 0 Å². The number of hydrogen-bond acceptors (Lipinski definition) is 9. The van der Waals surface area contributed by atoms with Crippen LogP contribution in [-0.2, 0) is 0 Å². The fraction of sp³-hybridized carbons (Fsp3) is 0.750. The normalized spacial score (nSPS) is 21.3. The Balaban J connectivity index is 1.67. The van der Waals surface area contributed by atoms with Crippen molar-refractivity contribution in [2.45, 2.75) is 56.7 Å². The molecule has 1 aromatic heterocycles. The van der Waals surface area contributed by atoms with Crippen LogP contribution in [0.25, 0.3) is 0 Å². The Morgan fingerprint density at radius 3 is 1.00 bits per heavy atom. The number of nitrogens with zero attached hydrogens (tertiary/aromatic N) is 6. The number of hydrogen-bond donors (Lipinski definition) is 0. The van der Waals surface area contributed by atoms with Gasteiger partial charge in [-0.3, -0.25) is 0 Å². The molecule has 0 saturated heterocycles. The predicted molar refractivity (Wildman–Crippen MR) is 76.4 cm³/mol. The monoisotopic (exact) mass is 291 g/mol. The Morgan fingerprint density at radius 2 is 0.810 bits per heavy atom. The molecule has 3 aliphatic carbocycles. The van der Waals surface area contributed by atoms with Crippen LogP contribution in [0.4, 0.5) is 17.8 Å². The van der Waals surface area contributed by atoms with Crippen molar-refractivity contribution in [2.24, 2.45) is 0 Å². The Hall–Kier alpha value is -1.71. The molecule has 9 heteroatoms. The summed E-state index contributed by atoms with van der Waals surface area (Å²) >= 11 is 0. The molecule has 0 N–H and O–H groups in total. The maximum Gasteiger partial charge on any atom is 0.221 e. The van der Waals surface area contributed by atoms with E-state index < -0.39 is 0 Å². The molecule has 0 bridgehead atoms. The summed E-state index contributed by atoms with van der Waals surface area (Å²) in [5, 5.41) is 38.2. The molecule has 1 aromatic rings. The standard InChI is InChI=1S/C12H15N6O3/c19-16(7-1-2-7)10-13-11(17(20)8-3-4-8)15-12(14-10)18(21)9-5-6-9/h7-9H,1-6H2/q-3. The Kier molecular flexibility index (Phi) is 2.88. The van der Waals surface area contributed by atoms with E-state index >= 15 is 0 Å². The lowest BCUT2D eigenvalue weighted by molar-refractivity contribution is 0.818. The van der Waals surface area contributed by atoms with E-state index in [1.165, 1.54) is 0 Å². The highest BCUT2D eigenvalue weighted by Crippen LogP contribution is 2.35. The summed E-state index contributed by atoms with van der Waals surface area (Å²) in [6.07, 6.45) is 4.71. The quantitative estimate of drug-likeness (QED) is 0.714. The molecule has 3 fully saturated rings. The summed E-state index contributed by atoms with van der Waals surface area (Å²) in [7, 11) is 0. The molecule has 3 aliphatic rings. The molecule has 4 rings (SSSR count). The van der Waals surface area contributed by atoms with Gasteiger partial charge in [0.1, 0.15) is 0 Å². The largest absolute Gasteiger partial charge is 0.756 e. The third-order valence-electron chi connectivity index (χ3n) is 3.83. The third kappa shape index (κ3) is 2.59. The topological polar surface area (TPSA) is 118 Å². The van der Waals surface area contributed by atoms with Gasteiger partial charge in [0, 0.05) is 18.1 Å². The smallest absolute Gasteiger partial charge is 0.221 e. The van der Waals surface area contributed by atoms with E-state index in [0.717, 1.165) is 38.5 Å². The molecule has 0 radical (unpaired) electrons. The lowest BCUT2D eigenvalue weighted by atomic mass is 10.6. The van der Waals surface area contributed by atoms with Crippen LogP contribution < -0.4 is 15.2 Å². The summed E-state index contributed by atoms with van der Waals surface area (Å²) in [4.78, 5) is 11.9. The zero-order chi connectivity index (χ0) is 14.6. The van der Waals surface area contributed by atoms with Crippen LogP contribution in [0.15, 0.2) is 0 Å². The van der Waals surface area contributed by atoms with Gasteiger partial charge in [-0.1, -0.05) is 0 Å². The first-order valence-electron chi connectivity index (χ1n) is 7.28. The highest BCUT2D eigenvalue weighted by atomic mass is 16.5. The molecule has 0 unspecified atom stereocenters. The van der Waals surface area contributed by atoms with E-state index in [2.05, 4.69) is 15.0 Å². The second kappa shape index (κ2) is 4.65. The molecule has 0 spiro atoms. The summed E-state index contributed by atoms with van der Waals surface area (Å²) in [6, 6.07) is -0.430. The fourth-order valence-electron chi connectivity index (χ4n) is 2.06. The molecular weight excluding hydrogens is 276 g/mol. The summed E-state index contributed by atoms with van der Waals surface area (Å²) in [6.45, 7) is 0. The van der Waals surface area contributed by atoms with Gasteiger partial charge >= 0.3 is 0 Å². The summed E-state index contributed by atoms with van der Waals surface area (Å²) in [5.41, 5.74) is 0. The van der Waals surface area contributed by atoms with E-state index in [1.54, 1.807) is 0 Å². The molecular formula is C12H15N6O3-3. The van der Waals surface area contributed by atoms with Crippen molar-refractivity contribution in [3.05, 3.63) is 15.6 Å². The number of hydroxylamine groups is 3. The number of rotatable bonds is 6. The van der Waals surface area contributed by atoms with Gasteiger partial charge in [-0.05, 0) is 38.5 Å². The van der Waals surface area contributed by atoms with Gasteiger partial charge in [-0.2, -0.15) is 15.0 Å². The first kappa shape index (κ1) is 13.0. The summed E-state index contributed by atoms with van der Waals surface area (Å²) in [5.74, 6) is -0.374. The molecule has 0 amide bonds. The summed E-state index contributed by atoms with van der Waals surface area (Å²) < 4.78 is 0. The van der Waals surface area contributed by atoms with E-state index in [-0.39, 0.29) is 36.0 Å². The van der Waals surface area contributed by atoms with Crippen molar-refractivity contribution < 1.29 is 0 Å². The van der Waals surface area contributed by atoms with Gasteiger partial charge in [-0.15, -0.1) is 0 Å². The van der Waals surface area contributed by atoms with Gasteiger partial charge in [0.25, 0.3) is 0 Å². The van der Waals surface area contributed by atoms with Crippen LogP contribution in [0.2, 0.25) is 0 Å². The average Bonchev–Trinajstić information content (AvgIpc) is 3.36. The van der Waals surface area contributed by atoms with Crippen LogP contribution >= 0.6 is 0 Å². The predicted octanol–water partition coefficient (Wildman–Crippen LogP) is 1.27. The molecule has 0 aliphatic heterocycles. The van der Waals surface area contributed by atoms with Crippen molar-refractivity contribution in [3.8, 4) is 0 Å². The molecule has 9 nitrogen and oxygen atoms in total. The van der Waals surface area contributed by atoms with Gasteiger partial charge in [-0.25, -0.2) is 0 Å². The molecule has 0 aromatic carbocycles. The van der Waals surface area contributed by atoms with Crippen molar-refractivity contribution in [1.29, 1.82) is 0 Å². The van der Waals surface area contributed by atoms with Crippen molar-refractivity contribution in [1.82, 2.24) is 15.0 Å². The van der Waals surface area contributed by atoms with E-state index in [1.807, 2.05) is 0 Å². The van der Waals surface area contributed by atoms with Gasteiger partial charge in [0.2, 0.25) is 17.8 Å². The lowest BCUT2D eigenvalue weighted by Crippen LogP contribution is -2.28. The van der Waals surface area contributed by atoms with Gasteiger partial charge in [0.05, 0.1) is 0 Å². The molecule has 3 saturated carbocycles. The zero-order valence-corrected chi connectivity index (χ0v) is 11.4. The van der Waals surface area contributed by atoms with Gasteiger partial charge in [0.15, 0.2) is 0 Å². The zero-order valence-electron chi connectivity index (χ0n) is 11.4. The molecule has 0 atom stereocenters. The minimum atomic E-state index is -0.143. The number of aromatic nitrogens is 3. The average molecular weight is 291 g/mol. The fourth-order valence-corrected chi connectivity index (χ4v) is 2.06. The Labute approximate surface area is 121 Å². The third-order valence-corrected chi connectivity index (χ3v) is 3.83. The van der Waals surface area contributed by atoms with Crippen LogP contribution in [0, 0.1) is 15.6 Å². The van der Waals surface area contributed by atoms with Crippen molar-refractivity contribution >= 4 is 17.8 Å². The highest BCUT2D eigenvalue weighted by Gasteiger charge is 2.30. The Morgan fingerprint density at radius 1 is 0.571 bits per heavy atom.